The van der Waals surface area contributed by atoms with E-state index in [2.05, 4.69) is 29.7 Å². The summed E-state index contributed by atoms with van der Waals surface area (Å²) in [6, 6.07) is 6.42. The minimum Gasteiger partial charge on any atom is -0.349 e. The molecule has 1 saturated heterocycles. The Morgan fingerprint density at radius 2 is 2.21 bits per heavy atom. The van der Waals surface area contributed by atoms with Gasteiger partial charge in [-0.05, 0) is 74.9 Å². The molecule has 0 bridgehead atoms. The third-order valence-corrected chi connectivity index (χ3v) is 4.52. The van der Waals surface area contributed by atoms with Crippen LogP contribution in [0.25, 0.3) is 0 Å². The molecule has 3 nitrogen and oxygen atoms in total. The number of hydrogen-bond acceptors (Lipinski definition) is 2. The third kappa shape index (κ3) is 2.66. The Morgan fingerprint density at radius 3 is 3.00 bits per heavy atom. The first kappa shape index (κ1) is 12.7. The monoisotopic (exact) mass is 258 g/mol. The molecular formula is C16H22N2O. The lowest BCUT2D eigenvalue weighted by Crippen LogP contribution is -2.38. The number of carbonyl (C=O) groups excluding carboxylic acids is 1. The lowest BCUT2D eigenvalue weighted by Gasteiger charge is -2.20. The molecule has 1 aliphatic carbocycles. The van der Waals surface area contributed by atoms with Gasteiger partial charge in [-0.3, -0.25) is 4.79 Å². The van der Waals surface area contributed by atoms with E-state index in [0.29, 0.717) is 5.92 Å². The Hall–Kier alpha value is -1.35. The van der Waals surface area contributed by atoms with Crippen LogP contribution in [0.5, 0.6) is 0 Å². The van der Waals surface area contributed by atoms with Gasteiger partial charge in [-0.2, -0.15) is 0 Å². The number of amides is 1. The van der Waals surface area contributed by atoms with Crippen LogP contribution in [-0.2, 0) is 12.8 Å². The molecule has 1 aromatic rings. The highest BCUT2D eigenvalue weighted by Gasteiger charge is 2.23. The lowest BCUT2D eigenvalue weighted by atomic mass is 10.00. The summed E-state index contributed by atoms with van der Waals surface area (Å²) >= 11 is 0. The van der Waals surface area contributed by atoms with E-state index in [0.717, 1.165) is 31.5 Å². The van der Waals surface area contributed by atoms with Gasteiger partial charge in [0.25, 0.3) is 5.91 Å². The van der Waals surface area contributed by atoms with Crippen molar-refractivity contribution in [1.82, 2.24) is 10.6 Å². The second kappa shape index (κ2) is 5.33. The molecule has 1 heterocycles. The Morgan fingerprint density at radius 1 is 1.37 bits per heavy atom. The van der Waals surface area contributed by atoms with Crippen molar-refractivity contribution in [3.05, 3.63) is 34.9 Å². The van der Waals surface area contributed by atoms with Gasteiger partial charge in [-0.25, -0.2) is 0 Å². The molecule has 1 amide bonds. The molecule has 1 aliphatic heterocycles. The first-order valence-electron chi connectivity index (χ1n) is 7.37. The number of aryl methyl sites for hydroxylation is 2. The summed E-state index contributed by atoms with van der Waals surface area (Å²) in [5, 5.41) is 6.50. The number of benzene rings is 1. The summed E-state index contributed by atoms with van der Waals surface area (Å²) in [6.45, 7) is 4.21. The summed E-state index contributed by atoms with van der Waals surface area (Å²) in [5.74, 6) is 0.646. The van der Waals surface area contributed by atoms with Crippen molar-refractivity contribution in [3.63, 3.8) is 0 Å². The smallest absolute Gasteiger partial charge is 0.251 e. The van der Waals surface area contributed by atoms with Crippen LogP contribution < -0.4 is 10.6 Å². The molecule has 2 unspecified atom stereocenters. The van der Waals surface area contributed by atoms with Crippen LogP contribution in [0.2, 0.25) is 0 Å². The van der Waals surface area contributed by atoms with Crippen molar-refractivity contribution in [2.24, 2.45) is 5.92 Å². The molecule has 0 spiro atoms. The van der Waals surface area contributed by atoms with Crippen molar-refractivity contribution < 1.29 is 4.79 Å². The van der Waals surface area contributed by atoms with Gasteiger partial charge in [-0.1, -0.05) is 6.07 Å². The van der Waals surface area contributed by atoms with E-state index < -0.39 is 0 Å². The quantitative estimate of drug-likeness (QED) is 0.869. The predicted octanol–water partition coefficient (Wildman–Crippen LogP) is 1.90. The topological polar surface area (TPSA) is 41.1 Å². The molecule has 1 fully saturated rings. The van der Waals surface area contributed by atoms with Crippen LogP contribution in [0.1, 0.15) is 41.3 Å². The number of hydrogen-bond donors (Lipinski definition) is 2. The number of rotatable bonds is 3. The maximum absolute atomic E-state index is 12.3. The van der Waals surface area contributed by atoms with Crippen LogP contribution in [0, 0.1) is 5.92 Å². The van der Waals surface area contributed by atoms with E-state index in [4.69, 9.17) is 0 Å². The molecule has 3 heteroatoms. The Bertz CT molecular complexity index is 478. The Balaban J connectivity index is 1.66. The highest BCUT2D eigenvalue weighted by Crippen LogP contribution is 2.23. The standard InChI is InChI=1S/C16H22N2O/c1-11(15-7-8-17-10-15)18-16(19)14-6-5-12-3-2-4-13(12)9-14/h5-6,9,11,15,17H,2-4,7-8,10H2,1H3,(H,18,19). The Labute approximate surface area is 114 Å². The highest BCUT2D eigenvalue weighted by atomic mass is 16.1. The van der Waals surface area contributed by atoms with Crippen LogP contribution in [0.3, 0.4) is 0 Å². The average Bonchev–Trinajstić information content (AvgIpc) is 3.09. The van der Waals surface area contributed by atoms with Crippen molar-refractivity contribution in [1.29, 1.82) is 0 Å². The SMILES string of the molecule is CC(NC(=O)c1ccc2c(c1)CCC2)C1CCNC1. The molecule has 0 aromatic heterocycles. The Kier molecular flexibility index (Phi) is 3.56. The van der Waals surface area contributed by atoms with Crippen LogP contribution in [-0.4, -0.2) is 25.0 Å². The van der Waals surface area contributed by atoms with Crippen LogP contribution in [0.15, 0.2) is 18.2 Å². The van der Waals surface area contributed by atoms with Crippen LogP contribution >= 0.6 is 0 Å². The molecule has 19 heavy (non-hydrogen) atoms. The fraction of sp³-hybridized carbons (Fsp3) is 0.562. The minimum absolute atomic E-state index is 0.0779. The molecule has 0 saturated carbocycles. The van der Waals surface area contributed by atoms with Crippen molar-refractivity contribution >= 4 is 5.91 Å². The summed E-state index contributed by atoms with van der Waals surface area (Å²) in [5.41, 5.74) is 3.60. The lowest BCUT2D eigenvalue weighted by molar-refractivity contribution is 0.0928. The van der Waals surface area contributed by atoms with Crippen LogP contribution in [0.4, 0.5) is 0 Å². The van der Waals surface area contributed by atoms with Gasteiger partial charge in [0.2, 0.25) is 0 Å². The van der Waals surface area contributed by atoms with Crippen molar-refractivity contribution in [2.45, 2.75) is 38.6 Å². The van der Waals surface area contributed by atoms with E-state index in [-0.39, 0.29) is 11.9 Å². The molecule has 0 radical (unpaired) electrons. The maximum atomic E-state index is 12.3. The first-order valence-corrected chi connectivity index (χ1v) is 7.37. The summed E-state index contributed by atoms with van der Waals surface area (Å²) in [7, 11) is 0. The number of carbonyl (C=O) groups is 1. The van der Waals surface area contributed by atoms with Gasteiger partial charge in [-0.15, -0.1) is 0 Å². The van der Waals surface area contributed by atoms with Crippen molar-refractivity contribution in [3.8, 4) is 0 Å². The number of fused-ring (bicyclic) bond motifs is 1. The van der Waals surface area contributed by atoms with Gasteiger partial charge in [0.05, 0.1) is 0 Å². The van der Waals surface area contributed by atoms with Gasteiger partial charge in [0, 0.05) is 11.6 Å². The number of nitrogens with one attached hydrogen (secondary N) is 2. The minimum atomic E-state index is 0.0779. The molecule has 1 aromatic carbocycles. The second-order valence-electron chi connectivity index (χ2n) is 5.85. The molecule has 2 N–H and O–H groups in total. The predicted molar refractivity (Wildman–Crippen MR) is 76.4 cm³/mol. The van der Waals surface area contributed by atoms with Gasteiger partial charge >= 0.3 is 0 Å². The summed E-state index contributed by atoms with van der Waals surface area (Å²) in [4.78, 5) is 12.3. The fourth-order valence-electron chi connectivity index (χ4n) is 3.22. The third-order valence-electron chi connectivity index (χ3n) is 4.52. The molecular weight excluding hydrogens is 236 g/mol. The van der Waals surface area contributed by atoms with Crippen molar-refractivity contribution in [2.75, 3.05) is 13.1 Å². The van der Waals surface area contributed by atoms with E-state index in [1.807, 2.05) is 6.07 Å². The normalized spacial score (nSPS) is 23.1. The van der Waals surface area contributed by atoms with Gasteiger partial charge < -0.3 is 10.6 Å². The zero-order chi connectivity index (χ0) is 13.2. The first-order chi connectivity index (χ1) is 9.24. The van der Waals surface area contributed by atoms with E-state index in [1.165, 1.54) is 24.0 Å². The zero-order valence-electron chi connectivity index (χ0n) is 11.5. The van der Waals surface area contributed by atoms with E-state index in [9.17, 15) is 4.79 Å². The molecule has 3 rings (SSSR count). The summed E-state index contributed by atoms with van der Waals surface area (Å²) in [6.07, 6.45) is 4.68. The molecule has 102 valence electrons. The molecule has 2 atom stereocenters. The maximum Gasteiger partial charge on any atom is 0.251 e. The zero-order valence-corrected chi connectivity index (χ0v) is 11.5. The van der Waals surface area contributed by atoms with Gasteiger partial charge in [0.1, 0.15) is 0 Å². The highest BCUT2D eigenvalue weighted by molar-refractivity contribution is 5.94. The van der Waals surface area contributed by atoms with E-state index >= 15 is 0 Å². The van der Waals surface area contributed by atoms with Gasteiger partial charge in [0.15, 0.2) is 0 Å². The second-order valence-corrected chi connectivity index (χ2v) is 5.85. The molecule has 2 aliphatic rings. The van der Waals surface area contributed by atoms with E-state index in [1.54, 1.807) is 0 Å². The fourth-order valence-corrected chi connectivity index (χ4v) is 3.22. The summed E-state index contributed by atoms with van der Waals surface area (Å²) < 4.78 is 0. The average molecular weight is 258 g/mol. The largest absolute Gasteiger partial charge is 0.349 e.